The summed E-state index contributed by atoms with van der Waals surface area (Å²) in [5, 5.41) is 2.65. The fourth-order valence-corrected chi connectivity index (χ4v) is 4.89. The second kappa shape index (κ2) is 9.23. The molecule has 0 aliphatic carbocycles. The molecule has 1 aliphatic rings. The minimum atomic E-state index is -4.49. The van der Waals surface area contributed by atoms with E-state index in [9.17, 15) is 26.4 Å². The van der Waals surface area contributed by atoms with Gasteiger partial charge < -0.3 is 10.1 Å². The van der Waals surface area contributed by atoms with Crippen LogP contribution in [0.3, 0.4) is 0 Å². The van der Waals surface area contributed by atoms with E-state index in [1.165, 1.54) is 34.8 Å². The van der Waals surface area contributed by atoms with Crippen LogP contribution in [0.1, 0.15) is 24.0 Å². The smallest absolute Gasteiger partial charge is 0.422 e. The topological polar surface area (TPSA) is 88.6 Å². The molecule has 168 valence electrons. The molecular formula is C20H22F3N3O4S. The zero-order chi connectivity index (χ0) is 22.6. The SMILES string of the molecule is Cc1ccc(S(=O)(=O)N2CCC[C@H]2C(=O)NCc2ccnc(OCC(F)(F)F)c2)cc1. The number of aryl methyl sites for hydroxylation is 1. The molecule has 1 aromatic carbocycles. The first-order valence-corrected chi connectivity index (χ1v) is 11.0. The molecule has 1 saturated heterocycles. The molecule has 11 heteroatoms. The molecule has 1 aromatic heterocycles. The molecule has 31 heavy (non-hydrogen) atoms. The van der Waals surface area contributed by atoms with Crippen molar-refractivity contribution >= 4 is 15.9 Å². The number of rotatable bonds is 7. The Morgan fingerprint density at radius 3 is 2.65 bits per heavy atom. The van der Waals surface area contributed by atoms with Gasteiger partial charge in [0.25, 0.3) is 0 Å². The van der Waals surface area contributed by atoms with Crippen molar-refractivity contribution in [1.82, 2.24) is 14.6 Å². The standard InChI is InChI=1S/C20H22F3N3O4S/c1-14-4-6-16(7-5-14)31(28,29)26-10-2-3-17(26)19(27)25-12-15-8-9-24-18(11-15)30-13-20(21,22)23/h4-9,11,17H,2-3,10,12-13H2,1H3,(H,25,27)/t17-/m0/s1. The summed E-state index contributed by atoms with van der Waals surface area (Å²) in [5.41, 5.74) is 1.40. The fourth-order valence-electron chi connectivity index (χ4n) is 3.24. The minimum absolute atomic E-state index is 0.00134. The number of benzene rings is 1. The van der Waals surface area contributed by atoms with E-state index in [-0.39, 0.29) is 23.9 Å². The molecule has 0 unspecified atom stereocenters. The van der Waals surface area contributed by atoms with Gasteiger partial charge in [0.05, 0.1) is 4.90 Å². The molecule has 3 rings (SSSR count). The fraction of sp³-hybridized carbons (Fsp3) is 0.400. The van der Waals surface area contributed by atoms with Gasteiger partial charge in [-0.3, -0.25) is 4.79 Å². The highest BCUT2D eigenvalue weighted by Gasteiger charge is 2.39. The van der Waals surface area contributed by atoms with E-state index in [1.54, 1.807) is 12.1 Å². The number of hydrogen-bond donors (Lipinski definition) is 1. The normalized spacial score (nSPS) is 17.5. The van der Waals surface area contributed by atoms with Crippen LogP contribution >= 0.6 is 0 Å². The number of amides is 1. The van der Waals surface area contributed by atoms with Gasteiger partial charge >= 0.3 is 6.18 Å². The Morgan fingerprint density at radius 2 is 1.97 bits per heavy atom. The van der Waals surface area contributed by atoms with Gasteiger partial charge in [0.15, 0.2) is 6.61 Å². The first-order chi connectivity index (χ1) is 14.6. The van der Waals surface area contributed by atoms with Crippen molar-refractivity contribution < 1.29 is 31.1 Å². The zero-order valence-corrected chi connectivity index (χ0v) is 17.5. The highest BCUT2D eigenvalue weighted by atomic mass is 32.2. The van der Waals surface area contributed by atoms with Gasteiger partial charge in [-0.1, -0.05) is 17.7 Å². The van der Waals surface area contributed by atoms with Crippen molar-refractivity contribution in [3.63, 3.8) is 0 Å². The number of carbonyl (C=O) groups excluding carboxylic acids is 1. The summed E-state index contributed by atoms with van der Waals surface area (Å²) in [5.74, 6) is -0.684. The van der Waals surface area contributed by atoms with Crippen LogP contribution in [0.5, 0.6) is 5.88 Å². The van der Waals surface area contributed by atoms with Crippen LogP contribution in [0, 0.1) is 6.92 Å². The number of aromatic nitrogens is 1. The maximum absolute atomic E-state index is 13.0. The van der Waals surface area contributed by atoms with E-state index in [1.807, 2.05) is 6.92 Å². The third-order valence-electron chi connectivity index (χ3n) is 4.78. The van der Waals surface area contributed by atoms with Crippen LogP contribution in [0.2, 0.25) is 0 Å². The Labute approximate surface area is 178 Å². The summed E-state index contributed by atoms with van der Waals surface area (Å²) in [6.07, 6.45) is -2.28. The lowest BCUT2D eigenvalue weighted by Gasteiger charge is -2.23. The summed E-state index contributed by atoms with van der Waals surface area (Å²) >= 11 is 0. The Kier molecular flexibility index (Phi) is 6.85. The molecule has 2 heterocycles. The number of hydrogen-bond acceptors (Lipinski definition) is 5. The number of ether oxygens (including phenoxy) is 1. The van der Waals surface area contributed by atoms with E-state index >= 15 is 0 Å². The van der Waals surface area contributed by atoms with Gasteiger partial charge in [-0.25, -0.2) is 13.4 Å². The molecule has 7 nitrogen and oxygen atoms in total. The number of nitrogens with zero attached hydrogens (tertiary/aromatic N) is 2. The van der Waals surface area contributed by atoms with E-state index in [0.717, 1.165) is 5.56 Å². The molecule has 0 spiro atoms. The van der Waals surface area contributed by atoms with Crippen molar-refractivity contribution in [2.75, 3.05) is 13.2 Å². The number of halogens is 3. The molecule has 1 N–H and O–H groups in total. The monoisotopic (exact) mass is 457 g/mol. The van der Waals surface area contributed by atoms with Crippen molar-refractivity contribution in [2.45, 2.75) is 43.4 Å². The number of sulfonamides is 1. The van der Waals surface area contributed by atoms with Crippen LogP contribution in [0.25, 0.3) is 0 Å². The van der Waals surface area contributed by atoms with Crippen LogP contribution in [-0.4, -0.2) is 49.0 Å². The Hall–Kier alpha value is -2.66. The first-order valence-electron chi connectivity index (χ1n) is 9.57. The molecule has 1 amide bonds. The van der Waals surface area contributed by atoms with Crippen LogP contribution in [0.4, 0.5) is 13.2 Å². The maximum Gasteiger partial charge on any atom is 0.422 e. The van der Waals surface area contributed by atoms with E-state index in [4.69, 9.17) is 0 Å². The average Bonchev–Trinajstić information content (AvgIpc) is 3.22. The lowest BCUT2D eigenvalue weighted by atomic mass is 10.2. The third-order valence-corrected chi connectivity index (χ3v) is 6.71. The molecule has 1 aliphatic heterocycles. The van der Waals surface area contributed by atoms with Gasteiger partial charge in [-0.15, -0.1) is 0 Å². The highest BCUT2D eigenvalue weighted by Crippen LogP contribution is 2.26. The van der Waals surface area contributed by atoms with E-state index in [2.05, 4.69) is 15.0 Å². The lowest BCUT2D eigenvalue weighted by Crippen LogP contribution is -2.45. The zero-order valence-electron chi connectivity index (χ0n) is 16.7. The predicted molar refractivity (Wildman–Crippen MR) is 106 cm³/mol. The van der Waals surface area contributed by atoms with Gasteiger partial charge in [0.2, 0.25) is 21.8 Å². The molecule has 0 radical (unpaired) electrons. The number of carbonyl (C=O) groups is 1. The number of nitrogens with one attached hydrogen (secondary N) is 1. The van der Waals surface area contributed by atoms with Crippen molar-refractivity contribution in [2.24, 2.45) is 0 Å². The third kappa shape index (κ3) is 5.95. The van der Waals surface area contributed by atoms with E-state index < -0.39 is 34.8 Å². The largest absolute Gasteiger partial charge is 0.468 e. The molecule has 0 bridgehead atoms. The summed E-state index contributed by atoms with van der Waals surface area (Å²) in [6, 6.07) is 8.38. The number of pyridine rings is 1. The Morgan fingerprint density at radius 1 is 1.26 bits per heavy atom. The second-order valence-electron chi connectivity index (χ2n) is 7.21. The average molecular weight is 457 g/mol. The Bertz CT molecular complexity index is 1030. The predicted octanol–water partition coefficient (Wildman–Crippen LogP) is 2.80. The van der Waals surface area contributed by atoms with Crippen molar-refractivity contribution in [3.05, 3.63) is 53.7 Å². The van der Waals surface area contributed by atoms with Crippen LogP contribution in [0.15, 0.2) is 47.5 Å². The van der Waals surface area contributed by atoms with Gasteiger partial charge in [-0.2, -0.15) is 17.5 Å². The van der Waals surface area contributed by atoms with E-state index in [0.29, 0.717) is 18.4 Å². The molecule has 1 fully saturated rings. The molecule has 1 atom stereocenters. The molecule has 2 aromatic rings. The van der Waals surface area contributed by atoms with Crippen molar-refractivity contribution in [3.8, 4) is 5.88 Å². The van der Waals surface area contributed by atoms with Gasteiger partial charge in [0.1, 0.15) is 6.04 Å². The molecular weight excluding hydrogens is 435 g/mol. The summed E-state index contributed by atoms with van der Waals surface area (Å²) in [6.45, 7) is 0.614. The van der Waals surface area contributed by atoms with Crippen LogP contribution < -0.4 is 10.1 Å². The second-order valence-corrected chi connectivity index (χ2v) is 9.10. The van der Waals surface area contributed by atoms with Crippen molar-refractivity contribution in [1.29, 1.82) is 0 Å². The first kappa shape index (κ1) is 23.0. The summed E-state index contributed by atoms with van der Waals surface area (Å²) in [7, 11) is -3.82. The Balaban J connectivity index is 1.64. The highest BCUT2D eigenvalue weighted by molar-refractivity contribution is 7.89. The van der Waals surface area contributed by atoms with Gasteiger partial charge in [0, 0.05) is 25.4 Å². The lowest BCUT2D eigenvalue weighted by molar-refractivity contribution is -0.154. The van der Waals surface area contributed by atoms with Crippen LogP contribution in [-0.2, 0) is 21.4 Å². The quantitative estimate of drug-likeness (QED) is 0.691. The minimum Gasteiger partial charge on any atom is -0.468 e. The summed E-state index contributed by atoms with van der Waals surface area (Å²) in [4.78, 5) is 16.5. The number of alkyl halides is 3. The summed E-state index contributed by atoms with van der Waals surface area (Å²) < 4.78 is 68.6. The van der Waals surface area contributed by atoms with Gasteiger partial charge in [-0.05, 0) is 43.5 Å². The maximum atomic E-state index is 13.0. The molecule has 0 saturated carbocycles.